The first kappa shape index (κ1) is 26.0. The second kappa shape index (κ2) is 11.4. The van der Waals surface area contributed by atoms with Gasteiger partial charge in [-0.2, -0.15) is 0 Å². The molecule has 5 heterocycles. The monoisotopic (exact) mass is 568 g/mol. The summed E-state index contributed by atoms with van der Waals surface area (Å²) in [6.45, 7) is 0.704. The summed E-state index contributed by atoms with van der Waals surface area (Å²) in [7, 11) is 0. The van der Waals surface area contributed by atoms with E-state index in [2.05, 4.69) is 35.6 Å². The van der Waals surface area contributed by atoms with Crippen LogP contribution in [-0.4, -0.2) is 43.4 Å². The first-order valence-electron chi connectivity index (χ1n) is 12.5. The molecule has 1 aromatic carbocycles. The Labute approximate surface area is 237 Å². The minimum Gasteiger partial charge on any atom is -0.424 e. The molecule has 0 aliphatic carbocycles. The van der Waals surface area contributed by atoms with Crippen LogP contribution in [0.2, 0.25) is 0 Å². The van der Waals surface area contributed by atoms with Crippen molar-refractivity contribution in [1.82, 2.24) is 24.9 Å². The molecule has 0 spiro atoms. The maximum absolute atomic E-state index is 13.8. The third-order valence-corrected chi connectivity index (χ3v) is 7.14. The fourth-order valence-electron chi connectivity index (χ4n) is 4.15. The molecule has 0 radical (unpaired) electrons. The Balaban J connectivity index is 1.07. The van der Waals surface area contributed by atoms with Crippen LogP contribution in [0.3, 0.4) is 0 Å². The smallest absolute Gasteiger partial charge is 0.323 e. The number of anilines is 3. The van der Waals surface area contributed by atoms with Crippen molar-refractivity contribution in [3.8, 4) is 33.5 Å². The lowest BCUT2D eigenvalue weighted by atomic mass is 10.1. The van der Waals surface area contributed by atoms with E-state index in [0.717, 1.165) is 23.1 Å². The van der Waals surface area contributed by atoms with Crippen molar-refractivity contribution >= 4 is 39.8 Å². The number of benzene rings is 1. The molecule has 5 aromatic rings. The highest BCUT2D eigenvalue weighted by Crippen LogP contribution is 2.34. The van der Waals surface area contributed by atoms with Gasteiger partial charge in [0.25, 0.3) is 0 Å². The molecule has 0 saturated carbocycles. The van der Waals surface area contributed by atoms with Crippen molar-refractivity contribution in [2.45, 2.75) is 12.8 Å². The number of hydrogen-bond acceptors (Lipinski definition) is 9. The summed E-state index contributed by atoms with van der Waals surface area (Å²) in [5.41, 5.74) is 2.42. The second-order valence-electron chi connectivity index (χ2n) is 8.91. The van der Waals surface area contributed by atoms with Gasteiger partial charge in [-0.25, -0.2) is 24.1 Å². The lowest BCUT2D eigenvalue weighted by Gasteiger charge is -2.11. The van der Waals surface area contributed by atoms with Gasteiger partial charge in [0.15, 0.2) is 5.13 Å². The summed E-state index contributed by atoms with van der Waals surface area (Å²) >= 11 is 1.47. The molecule has 0 bridgehead atoms. The van der Waals surface area contributed by atoms with Gasteiger partial charge in [0.05, 0.1) is 40.5 Å². The van der Waals surface area contributed by atoms with Crippen molar-refractivity contribution in [2.75, 3.05) is 22.1 Å². The fraction of sp³-hybridized carbons (Fsp3) is 0.107. The third-order valence-electron chi connectivity index (χ3n) is 6.07. The molecule has 3 amide bonds. The van der Waals surface area contributed by atoms with Crippen LogP contribution in [0, 0.1) is 5.82 Å². The molecule has 1 aliphatic heterocycles. The number of rotatable bonds is 7. The quantitative estimate of drug-likeness (QED) is 0.253. The van der Waals surface area contributed by atoms with Crippen molar-refractivity contribution in [3.05, 3.63) is 85.5 Å². The Morgan fingerprint density at radius 2 is 1.78 bits per heavy atom. The molecule has 1 fully saturated rings. The lowest BCUT2D eigenvalue weighted by molar-refractivity contribution is -0.117. The van der Waals surface area contributed by atoms with E-state index in [0.29, 0.717) is 40.8 Å². The number of ether oxygens (including phenoxy) is 1. The summed E-state index contributed by atoms with van der Waals surface area (Å²) in [6.07, 6.45) is 10.2. The minimum absolute atomic E-state index is 0.0875. The molecule has 11 nitrogen and oxygen atoms in total. The third kappa shape index (κ3) is 5.99. The molecule has 2 N–H and O–H groups in total. The number of pyridine rings is 2. The van der Waals surface area contributed by atoms with E-state index >= 15 is 0 Å². The number of nitrogens with zero attached hydrogens (tertiary/aromatic N) is 6. The van der Waals surface area contributed by atoms with Crippen molar-refractivity contribution < 1.29 is 18.7 Å². The van der Waals surface area contributed by atoms with E-state index in [9.17, 15) is 14.0 Å². The Kier molecular flexibility index (Phi) is 7.24. The number of carbonyl (C=O) groups excluding carboxylic acids is 2. The first-order valence-corrected chi connectivity index (χ1v) is 13.3. The molecule has 1 aliphatic rings. The number of aromatic nitrogens is 5. The highest BCUT2D eigenvalue weighted by Gasteiger charge is 2.24. The summed E-state index contributed by atoms with van der Waals surface area (Å²) < 4.78 is 19.6. The van der Waals surface area contributed by atoms with Crippen LogP contribution < -0.4 is 20.3 Å². The predicted octanol–water partition coefficient (Wildman–Crippen LogP) is 5.76. The maximum Gasteiger partial charge on any atom is 0.323 e. The molecule has 6 rings (SSSR count). The van der Waals surface area contributed by atoms with E-state index < -0.39 is 11.8 Å². The highest BCUT2D eigenvalue weighted by atomic mass is 32.1. The van der Waals surface area contributed by atoms with Crippen LogP contribution >= 0.6 is 11.3 Å². The Morgan fingerprint density at radius 1 is 0.951 bits per heavy atom. The molecule has 204 valence electrons. The number of nitrogens with one attached hydrogen (secondary N) is 2. The average molecular weight is 569 g/mol. The van der Waals surface area contributed by atoms with Crippen molar-refractivity contribution in [1.29, 1.82) is 0 Å². The number of carbonyl (C=O) groups is 2. The van der Waals surface area contributed by atoms with E-state index in [1.165, 1.54) is 29.8 Å². The molecular formula is C28H21FN8O3S. The predicted molar refractivity (Wildman–Crippen MR) is 151 cm³/mol. The van der Waals surface area contributed by atoms with Crippen LogP contribution in [0.5, 0.6) is 11.8 Å². The number of thiazole rings is 1. The van der Waals surface area contributed by atoms with Crippen LogP contribution in [0.1, 0.15) is 12.8 Å². The number of amides is 3. The number of urea groups is 1. The first-order chi connectivity index (χ1) is 20.0. The zero-order chi connectivity index (χ0) is 28.2. The molecule has 0 atom stereocenters. The number of halogens is 1. The molecular weight excluding hydrogens is 547 g/mol. The van der Waals surface area contributed by atoms with Gasteiger partial charge in [-0.1, -0.05) is 11.3 Å². The molecule has 41 heavy (non-hydrogen) atoms. The van der Waals surface area contributed by atoms with E-state index in [4.69, 9.17) is 4.74 Å². The SMILES string of the molecule is O=C(Nc1cnc(Oc2ccc(-c3cnc(N4CCCC4=O)s3)cc2)nc1)Nc1cc(F)cnc1-c1cccnc1. The van der Waals surface area contributed by atoms with Gasteiger partial charge >= 0.3 is 12.0 Å². The zero-order valence-corrected chi connectivity index (χ0v) is 22.1. The minimum atomic E-state index is -0.629. The molecule has 0 unspecified atom stereocenters. The fourth-order valence-corrected chi connectivity index (χ4v) is 5.12. The van der Waals surface area contributed by atoms with Crippen molar-refractivity contribution in [3.63, 3.8) is 0 Å². The van der Waals surface area contributed by atoms with Gasteiger partial charge in [0, 0.05) is 43.2 Å². The second-order valence-corrected chi connectivity index (χ2v) is 9.92. The molecule has 1 saturated heterocycles. The Morgan fingerprint density at radius 3 is 2.51 bits per heavy atom. The van der Waals surface area contributed by atoms with Crippen LogP contribution in [0.15, 0.2) is 79.6 Å². The van der Waals surface area contributed by atoms with Crippen LogP contribution in [-0.2, 0) is 4.79 Å². The van der Waals surface area contributed by atoms with Gasteiger partial charge in [0.2, 0.25) is 5.91 Å². The van der Waals surface area contributed by atoms with E-state index in [-0.39, 0.29) is 17.6 Å². The zero-order valence-electron chi connectivity index (χ0n) is 21.3. The summed E-state index contributed by atoms with van der Waals surface area (Å²) in [6, 6.07) is 11.5. The van der Waals surface area contributed by atoms with E-state index in [1.807, 2.05) is 12.1 Å². The average Bonchev–Trinajstić information content (AvgIpc) is 3.64. The summed E-state index contributed by atoms with van der Waals surface area (Å²) in [5, 5.41) is 5.91. The van der Waals surface area contributed by atoms with Crippen molar-refractivity contribution in [2.24, 2.45) is 0 Å². The normalized spacial score (nSPS) is 12.8. The van der Waals surface area contributed by atoms with Gasteiger partial charge < -0.3 is 15.4 Å². The maximum atomic E-state index is 13.8. The topological polar surface area (TPSA) is 135 Å². The highest BCUT2D eigenvalue weighted by molar-refractivity contribution is 7.19. The summed E-state index contributed by atoms with van der Waals surface area (Å²) in [4.78, 5) is 48.1. The van der Waals surface area contributed by atoms with Gasteiger partial charge in [-0.15, -0.1) is 0 Å². The Hall–Kier alpha value is -5.30. The van der Waals surface area contributed by atoms with Crippen LogP contribution in [0.4, 0.5) is 25.7 Å². The van der Waals surface area contributed by atoms with Gasteiger partial charge in [-0.3, -0.25) is 19.7 Å². The standard InChI is InChI=1S/C28H21FN8O3S/c29-19-11-22(25(31-13-19)18-3-1-9-30-12-18)36-26(39)35-20-14-32-27(33-15-20)40-21-7-5-17(6-8-21)23-16-34-28(41-23)37-10-2-4-24(37)38/h1,3,5-9,11-16H,2,4,10H2,(H2,35,36,39). The largest absolute Gasteiger partial charge is 0.424 e. The number of hydrogen-bond donors (Lipinski definition) is 2. The van der Waals surface area contributed by atoms with Gasteiger partial charge in [-0.05, 0) is 48.4 Å². The van der Waals surface area contributed by atoms with E-state index in [1.54, 1.807) is 47.8 Å². The van der Waals surface area contributed by atoms with Crippen LogP contribution in [0.25, 0.3) is 21.7 Å². The van der Waals surface area contributed by atoms with Gasteiger partial charge in [0.1, 0.15) is 11.6 Å². The molecule has 4 aromatic heterocycles. The Bertz CT molecular complexity index is 1700. The lowest BCUT2D eigenvalue weighted by Crippen LogP contribution is -2.23. The molecule has 13 heteroatoms. The summed E-state index contributed by atoms with van der Waals surface area (Å²) in [5.74, 6) is 0.0322.